The van der Waals surface area contributed by atoms with E-state index in [0.29, 0.717) is 0 Å². The van der Waals surface area contributed by atoms with Gasteiger partial charge in [-0.15, -0.1) is 5.10 Å². The van der Waals surface area contributed by atoms with Gasteiger partial charge in [-0.05, 0) is 56.0 Å². The number of rotatable bonds is 7. The highest BCUT2D eigenvalue weighted by atomic mass is 15.4. The Labute approximate surface area is 129 Å². The molecular formula is C17H32N4. The molecule has 1 heterocycles. The molecule has 3 atom stereocenters. The van der Waals surface area contributed by atoms with Crippen molar-refractivity contribution in [3.63, 3.8) is 0 Å². The van der Waals surface area contributed by atoms with Crippen LogP contribution < -0.4 is 5.32 Å². The van der Waals surface area contributed by atoms with Crippen LogP contribution in [0.25, 0.3) is 0 Å². The first-order chi connectivity index (χ1) is 10.1. The van der Waals surface area contributed by atoms with Gasteiger partial charge >= 0.3 is 0 Å². The van der Waals surface area contributed by atoms with Crippen molar-refractivity contribution in [1.29, 1.82) is 0 Å². The first kappa shape index (κ1) is 16.5. The molecule has 0 aromatic carbocycles. The van der Waals surface area contributed by atoms with E-state index in [9.17, 15) is 0 Å². The summed E-state index contributed by atoms with van der Waals surface area (Å²) in [4.78, 5) is 0. The van der Waals surface area contributed by atoms with Crippen LogP contribution in [0.5, 0.6) is 0 Å². The Balaban J connectivity index is 1.92. The molecule has 0 spiro atoms. The molecule has 1 aromatic heterocycles. The lowest BCUT2D eigenvalue weighted by molar-refractivity contribution is 0.169. The smallest absolute Gasteiger partial charge is 0.0829 e. The Morgan fingerprint density at radius 3 is 2.76 bits per heavy atom. The fraction of sp³-hybridized carbons (Fsp3) is 0.882. The van der Waals surface area contributed by atoms with Gasteiger partial charge in [0.15, 0.2) is 0 Å². The topological polar surface area (TPSA) is 42.7 Å². The molecule has 1 fully saturated rings. The normalized spacial score (nSPS) is 26.4. The van der Waals surface area contributed by atoms with E-state index in [-0.39, 0.29) is 0 Å². The second-order valence-corrected chi connectivity index (χ2v) is 7.25. The molecule has 0 bridgehead atoms. The van der Waals surface area contributed by atoms with Crippen LogP contribution in [0.15, 0.2) is 6.20 Å². The lowest BCUT2D eigenvalue weighted by atomic mass is 9.71. The minimum Gasteiger partial charge on any atom is -0.316 e. The molecule has 0 aliphatic heterocycles. The third-order valence-corrected chi connectivity index (χ3v) is 4.91. The largest absolute Gasteiger partial charge is 0.316 e. The fourth-order valence-corrected chi connectivity index (χ4v) is 3.63. The van der Waals surface area contributed by atoms with E-state index in [4.69, 9.17) is 0 Å². The maximum absolute atomic E-state index is 4.30. The third kappa shape index (κ3) is 5.10. The van der Waals surface area contributed by atoms with E-state index in [1.54, 1.807) is 0 Å². The fourth-order valence-electron chi connectivity index (χ4n) is 3.63. The van der Waals surface area contributed by atoms with Crippen LogP contribution in [0, 0.1) is 23.7 Å². The quantitative estimate of drug-likeness (QED) is 0.840. The lowest BCUT2D eigenvalue weighted by Gasteiger charge is -2.36. The van der Waals surface area contributed by atoms with Gasteiger partial charge in [-0.25, -0.2) is 0 Å². The van der Waals surface area contributed by atoms with E-state index in [1.165, 1.54) is 32.2 Å². The second-order valence-electron chi connectivity index (χ2n) is 7.25. The Morgan fingerprint density at radius 1 is 1.33 bits per heavy atom. The molecule has 1 N–H and O–H groups in total. The van der Waals surface area contributed by atoms with Crippen LogP contribution in [-0.2, 0) is 13.5 Å². The predicted molar refractivity (Wildman–Crippen MR) is 87.0 cm³/mol. The van der Waals surface area contributed by atoms with E-state index in [1.807, 2.05) is 11.7 Å². The minimum absolute atomic E-state index is 0.732. The summed E-state index contributed by atoms with van der Waals surface area (Å²) in [5.41, 5.74) is 1.16. The molecule has 21 heavy (non-hydrogen) atoms. The summed E-state index contributed by atoms with van der Waals surface area (Å²) in [5.74, 6) is 3.21. The summed E-state index contributed by atoms with van der Waals surface area (Å²) in [7, 11) is 1.95. The van der Waals surface area contributed by atoms with Crippen molar-refractivity contribution in [3.8, 4) is 0 Å². The summed E-state index contributed by atoms with van der Waals surface area (Å²) in [6.45, 7) is 9.18. The van der Waals surface area contributed by atoms with Crippen molar-refractivity contribution >= 4 is 0 Å². The molecule has 3 unspecified atom stereocenters. The second kappa shape index (κ2) is 7.92. The zero-order valence-corrected chi connectivity index (χ0v) is 14.2. The van der Waals surface area contributed by atoms with E-state index in [2.05, 4.69) is 42.6 Å². The predicted octanol–water partition coefficient (Wildman–Crippen LogP) is 3.05. The SMILES string of the molecule is CCC1CCC(CNCC(C)C)C(Cc2cn(C)nn2)C1. The molecule has 1 aromatic rings. The molecule has 120 valence electrons. The molecule has 4 nitrogen and oxygen atoms in total. The highest BCUT2D eigenvalue weighted by Gasteiger charge is 2.30. The first-order valence-electron chi connectivity index (χ1n) is 8.64. The van der Waals surface area contributed by atoms with E-state index in [0.717, 1.165) is 42.3 Å². The van der Waals surface area contributed by atoms with Gasteiger partial charge in [0.25, 0.3) is 0 Å². The molecule has 0 amide bonds. The molecular weight excluding hydrogens is 260 g/mol. The highest BCUT2D eigenvalue weighted by molar-refractivity contribution is 4.96. The zero-order valence-electron chi connectivity index (χ0n) is 14.2. The van der Waals surface area contributed by atoms with Crippen molar-refractivity contribution in [2.75, 3.05) is 13.1 Å². The Hall–Kier alpha value is -0.900. The first-order valence-corrected chi connectivity index (χ1v) is 8.64. The van der Waals surface area contributed by atoms with Crippen LogP contribution in [0.4, 0.5) is 0 Å². The van der Waals surface area contributed by atoms with Crippen molar-refractivity contribution < 1.29 is 0 Å². The average molecular weight is 292 g/mol. The molecule has 1 aliphatic rings. The molecule has 0 radical (unpaired) electrons. The summed E-state index contributed by atoms with van der Waals surface area (Å²) in [6, 6.07) is 0. The lowest BCUT2D eigenvalue weighted by Crippen LogP contribution is -2.35. The van der Waals surface area contributed by atoms with Gasteiger partial charge in [-0.3, -0.25) is 4.68 Å². The van der Waals surface area contributed by atoms with Crippen molar-refractivity contribution in [1.82, 2.24) is 20.3 Å². The number of hydrogen-bond acceptors (Lipinski definition) is 3. The van der Waals surface area contributed by atoms with Gasteiger partial charge in [-0.1, -0.05) is 38.8 Å². The van der Waals surface area contributed by atoms with Gasteiger partial charge in [0.2, 0.25) is 0 Å². The van der Waals surface area contributed by atoms with E-state index < -0.39 is 0 Å². The maximum Gasteiger partial charge on any atom is 0.0829 e. The Bertz CT molecular complexity index is 413. The number of nitrogens with one attached hydrogen (secondary N) is 1. The van der Waals surface area contributed by atoms with Crippen LogP contribution in [-0.4, -0.2) is 28.1 Å². The van der Waals surface area contributed by atoms with Crippen molar-refractivity contribution in [2.24, 2.45) is 30.7 Å². The van der Waals surface area contributed by atoms with Gasteiger partial charge in [-0.2, -0.15) is 0 Å². The standard InChI is InChI=1S/C17H32N4/c1-5-14-6-7-15(11-18-10-13(2)3)16(8-14)9-17-12-21(4)20-19-17/h12-16,18H,5-11H2,1-4H3. The van der Waals surface area contributed by atoms with Crippen LogP contribution in [0.1, 0.15) is 52.1 Å². The third-order valence-electron chi connectivity index (χ3n) is 4.91. The molecule has 1 aliphatic carbocycles. The summed E-state index contributed by atoms with van der Waals surface area (Å²) in [6.07, 6.45) is 8.63. The van der Waals surface area contributed by atoms with Gasteiger partial charge in [0, 0.05) is 13.2 Å². The number of aromatic nitrogens is 3. The van der Waals surface area contributed by atoms with Crippen LogP contribution in [0.3, 0.4) is 0 Å². The number of nitrogens with zero attached hydrogens (tertiary/aromatic N) is 3. The summed E-state index contributed by atoms with van der Waals surface area (Å²) in [5, 5.41) is 12.0. The number of hydrogen-bond donors (Lipinski definition) is 1. The van der Waals surface area contributed by atoms with E-state index >= 15 is 0 Å². The average Bonchev–Trinajstić information content (AvgIpc) is 2.85. The van der Waals surface area contributed by atoms with Gasteiger partial charge in [0.05, 0.1) is 5.69 Å². The monoisotopic (exact) mass is 292 g/mol. The summed E-state index contributed by atoms with van der Waals surface area (Å²) >= 11 is 0. The van der Waals surface area contributed by atoms with Gasteiger partial charge in [0.1, 0.15) is 0 Å². The highest BCUT2D eigenvalue weighted by Crippen LogP contribution is 2.36. The minimum atomic E-state index is 0.732. The molecule has 1 saturated carbocycles. The Morgan fingerprint density at radius 2 is 2.14 bits per heavy atom. The molecule has 2 rings (SSSR count). The molecule has 0 saturated heterocycles. The van der Waals surface area contributed by atoms with Crippen LogP contribution in [0.2, 0.25) is 0 Å². The maximum atomic E-state index is 4.30. The number of aryl methyl sites for hydroxylation is 1. The van der Waals surface area contributed by atoms with Crippen molar-refractivity contribution in [2.45, 2.75) is 52.9 Å². The van der Waals surface area contributed by atoms with Gasteiger partial charge < -0.3 is 5.32 Å². The Kier molecular flexibility index (Phi) is 6.22. The summed E-state index contributed by atoms with van der Waals surface area (Å²) < 4.78 is 1.82. The van der Waals surface area contributed by atoms with Crippen LogP contribution >= 0.6 is 0 Å². The zero-order chi connectivity index (χ0) is 15.2. The van der Waals surface area contributed by atoms with Crippen molar-refractivity contribution in [3.05, 3.63) is 11.9 Å². The molecule has 4 heteroatoms.